The van der Waals surface area contributed by atoms with Crippen molar-refractivity contribution in [3.8, 4) is 0 Å². The first-order valence-corrected chi connectivity index (χ1v) is 6.89. The molecule has 0 aromatic heterocycles. The molecule has 20 heavy (non-hydrogen) atoms. The average Bonchev–Trinajstić information content (AvgIpc) is 2.41. The molecule has 0 amide bonds. The summed E-state index contributed by atoms with van der Waals surface area (Å²) in [7, 11) is 0. The van der Waals surface area contributed by atoms with Crippen LogP contribution in [0.4, 0.5) is 4.39 Å². The Kier molecular flexibility index (Phi) is 6.45. The predicted molar refractivity (Wildman–Crippen MR) is 79.1 cm³/mol. The second kappa shape index (κ2) is 7.85. The molecule has 0 aliphatic heterocycles. The lowest BCUT2D eigenvalue weighted by molar-refractivity contribution is 0.304. The van der Waals surface area contributed by atoms with E-state index in [0.29, 0.717) is 6.54 Å². The second-order valence-electron chi connectivity index (χ2n) is 5.63. The fraction of sp³-hybridized carbons (Fsp3) is 0.533. The molecule has 0 heterocycles. The minimum Gasteiger partial charge on any atom is -0.409 e. The summed E-state index contributed by atoms with van der Waals surface area (Å²) in [6.45, 7) is 5.45. The highest BCUT2D eigenvalue weighted by Crippen LogP contribution is 2.23. The minimum atomic E-state index is -0.280. The van der Waals surface area contributed by atoms with Gasteiger partial charge >= 0.3 is 0 Å². The number of hydrogen-bond acceptors (Lipinski definition) is 3. The second-order valence-corrected chi connectivity index (χ2v) is 5.63. The third kappa shape index (κ3) is 5.57. The maximum atomic E-state index is 13.0. The summed E-state index contributed by atoms with van der Waals surface area (Å²) in [5, 5.41) is 15.0. The number of rotatable bonds is 8. The summed E-state index contributed by atoms with van der Waals surface area (Å²) < 4.78 is 13.0. The van der Waals surface area contributed by atoms with Crippen LogP contribution in [-0.2, 0) is 6.54 Å². The smallest absolute Gasteiger partial charge is 0.144 e. The van der Waals surface area contributed by atoms with Crippen LogP contribution in [0, 0.1) is 11.2 Å². The maximum absolute atomic E-state index is 13.0. The summed E-state index contributed by atoms with van der Waals surface area (Å²) in [6, 6.07) is 6.59. The molecule has 112 valence electrons. The van der Waals surface area contributed by atoms with Gasteiger partial charge in [-0.1, -0.05) is 37.6 Å². The molecule has 0 saturated carbocycles. The van der Waals surface area contributed by atoms with Crippen LogP contribution in [0.3, 0.4) is 0 Å². The van der Waals surface area contributed by atoms with Crippen molar-refractivity contribution in [2.45, 2.75) is 39.7 Å². The number of halogens is 1. The van der Waals surface area contributed by atoms with Crippen molar-refractivity contribution in [2.24, 2.45) is 16.3 Å². The highest BCUT2D eigenvalue weighted by Gasteiger charge is 2.22. The van der Waals surface area contributed by atoms with Crippen molar-refractivity contribution in [1.29, 1.82) is 0 Å². The van der Waals surface area contributed by atoms with Gasteiger partial charge < -0.3 is 16.3 Å². The van der Waals surface area contributed by atoms with E-state index in [1.807, 2.05) is 19.9 Å². The molecule has 0 bridgehead atoms. The van der Waals surface area contributed by atoms with E-state index in [4.69, 9.17) is 10.9 Å². The van der Waals surface area contributed by atoms with Gasteiger partial charge in [0.15, 0.2) is 0 Å². The molecule has 4 nitrogen and oxygen atoms in total. The Labute approximate surface area is 119 Å². The summed E-state index contributed by atoms with van der Waals surface area (Å²) in [4.78, 5) is 0. The Balaban J connectivity index is 2.17. The normalized spacial score (nSPS) is 12.7. The summed E-state index contributed by atoms with van der Waals surface area (Å²) in [5.41, 5.74) is 6.30. The van der Waals surface area contributed by atoms with Crippen molar-refractivity contribution < 1.29 is 9.60 Å². The highest BCUT2D eigenvalue weighted by molar-refractivity contribution is 5.85. The van der Waals surface area contributed by atoms with Gasteiger partial charge in [-0.05, 0) is 37.1 Å². The van der Waals surface area contributed by atoms with Gasteiger partial charge in [0.05, 0.1) is 0 Å². The fourth-order valence-corrected chi connectivity index (χ4v) is 1.96. The molecule has 0 unspecified atom stereocenters. The van der Waals surface area contributed by atoms with Gasteiger partial charge in [0.1, 0.15) is 11.7 Å². The summed E-state index contributed by atoms with van der Waals surface area (Å²) >= 11 is 0. The first-order chi connectivity index (χ1) is 9.45. The Morgan fingerprint density at radius 3 is 2.80 bits per heavy atom. The van der Waals surface area contributed by atoms with Gasteiger partial charge in [-0.3, -0.25) is 0 Å². The molecular weight excluding hydrogens is 257 g/mol. The van der Waals surface area contributed by atoms with Crippen molar-refractivity contribution >= 4 is 5.84 Å². The van der Waals surface area contributed by atoms with E-state index in [2.05, 4.69) is 10.5 Å². The SMILES string of the molecule is CC(C)(CCCCNCc1cccc(F)c1)/C(N)=N/O. The standard InChI is InChI=1S/C15H24FN3O/c1-15(2,14(17)19-20)8-3-4-9-18-11-12-6-5-7-13(16)10-12/h5-7,10,18,20H,3-4,8-9,11H2,1-2H3,(H2,17,19). The number of hydrogen-bond donors (Lipinski definition) is 3. The van der Waals surface area contributed by atoms with Gasteiger partial charge in [0.2, 0.25) is 0 Å². The Hall–Kier alpha value is -1.62. The molecule has 0 atom stereocenters. The van der Waals surface area contributed by atoms with Crippen LogP contribution in [0.2, 0.25) is 0 Å². The van der Waals surface area contributed by atoms with Gasteiger partial charge in [0.25, 0.3) is 0 Å². The number of nitrogens with zero attached hydrogens (tertiary/aromatic N) is 1. The van der Waals surface area contributed by atoms with E-state index in [9.17, 15) is 4.39 Å². The molecule has 0 fully saturated rings. The molecular formula is C15H24FN3O. The Bertz CT molecular complexity index is 446. The molecule has 1 rings (SSSR count). The van der Waals surface area contributed by atoms with E-state index in [0.717, 1.165) is 31.4 Å². The lowest BCUT2D eigenvalue weighted by atomic mass is 9.86. The van der Waals surface area contributed by atoms with Crippen molar-refractivity contribution in [3.63, 3.8) is 0 Å². The van der Waals surface area contributed by atoms with E-state index in [1.54, 1.807) is 6.07 Å². The van der Waals surface area contributed by atoms with Crippen LogP contribution in [0.1, 0.15) is 38.7 Å². The van der Waals surface area contributed by atoms with E-state index >= 15 is 0 Å². The highest BCUT2D eigenvalue weighted by atomic mass is 19.1. The van der Waals surface area contributed by atoms with Crippen LogP contribution in [0.5, 0.6) is 0 Å². The zero-order valence-corrected chi connectivity index (χ0v) is 12.2. The Morgan fingerprint density at radius 2 is 2.15 bits per heavy atom. The third-order valence-electron chi connectivity index (χ3n) is 3.42. The molecule has 4 N–H and O–H groups in total. The number of nitrogens with two attached hydrogens (primary N) is 1. The largest absolute Gasteiger partial charge is 0.409 e. The number of benzene rings is 1. The molecule has 1 aromatic carbocycles. The van der Waals surface area contributed by atoms with Gasteiger partial charge in [-0.2, -0.15) is 0 Å². The number of unbranched alkanes of at least 4 members (excludes halogenated alkanes) is 1. The van der Waals surface area contributed by atoms with Crippen LogP contribution < -0.4 is 11.1 Å². The van der Waals surface area contributed by atoms with Crippen LogP contribution in [0.15, 0.2) is 29.4 Å². The monoisotopic (exact) mass is 281 g/mol. The number of amidine groups is 1. The molecule has 0 aliphatic carbocycles. The first-order valence-electron chi connectivity index (χ1n) is 6.89. The van der Waals surface area contributed by atoms with Crippen molar-refractivity contribution in [3.05, 3.63) is 35.6 Å². The van der Waals surface area contributed by atoms with E-state index in [-0.39, 0.29) is 17.1 Å². The van der Waals surface area contributed by atoms with E-state index in [1.165, 1.54) is 12.1 Å². The molecule has 0 aliphatic rings. The minimum absolute atomic E-state index is 0.204. The van der Waals surface area contributed by atoms with Gasteiger partial charge in [0, 0.05) is 12.0 Å². The zero-order chi connectivity index (χ0) is 15.0. The topological polar surface area (TPSA) is 70.6 Å². The summed E-state index contributed by atoms with van der Waals surface area (Å²) in [6.07, 6.45) is 2.85. The van der Waals surface area contributed by atoms with Gasteiger partial charge in [-0.25, -0.2) is 4.39 Å². The quantitative estimate of drug-likeness (QED) is 0.226. The van der Waals surface area contributed by atoms with E-state index < -0.39 is 0 Å². The van der Waals surface area contributed by atoms with Crippen molar-refractivity contribution in [1.82, 2.24) is 5.32 Å². The lowest BCUT2D eigenvalue weighted by Gasteiger charge is -2.22. The van der Waals surface area contributed by atoms with Crippen molar-refractivity contribution in [2.75, 3.05) is 6.54 Å². The maximum Gasteiger partial charge on any atom is 0.144 e. The van der Waals surface area contributed by atoms with Crippen LogP contribution >= 0.6 is 0 Å². The molecule has 1 aromatic rings. The lowest BCUT2D eigenvalue weighted by Crippen LogP contribution is -2.32. The van der Waals surface area contributed by atoms with Crippen LogP contribution in [-0.4, -0.2) is 17.6 Å². The summed E-state index contributed by atoms with van der Waals surface area (Å²) in [5.74, 6) is 0.0648. The zero-order valence-electron chi connectivity index (χ0n) is 12.2. The Morgan fingerprint density at radius 1 is 1.40 bits per heavy atom. The number of oxime groups is 1. The first kappa shape index (κ1) is 16.4. The molecule has 0 radical (unpaired) electrons. The number of nitrogens with one attached hydrogen (secondary N) is 1. The van der Waals surface area contributed by atoms with Gasteiger partial charge in [-0.15, -0.1) is 0 Å². The third-order valence-corrected chi connectivity index (χ3v) is 3.42. The van der Waals surface area contributed by atoms with Crippen LogP contribution in [0.25, 0.3) is 0 Å². The fourth-order valence-electron chi connectivity index (χ4n) is 1.96. The average molecular weight is 281 g/mol. The molecule has 0 spiro atoms. The predicted octanol–water partition coefficient (Wildman–Crippen LogP) is 2.86. The molecule has 5 heteroatoms. The molecule has 0 saturated heterocycles.